The minimum atomic E-state index is -5.49. The Kier molecular flexibility index (Phi) is 5.63. The number of thiazole rings is 1. The molecule has 0 spiro atoms. The van der Waals surface area contributed by atoms with Crippen molar-refractivity contribution in [1.82, 2.24) is 4.98 Å². The van der Waals surface area contributed by atoms with E-state index in [0.717, 1.165) is 17.8 Å². The van der Waals surface area contributed by atoms with Crippen LogP contribution in [0.15, 0.2) is 6.20 Å². The van der Waals surface area contributed by atoms with E-state index in [1.165, 1.54) is 6.20 Å². The monoisotopic (exact) mass is 322 g/mol. The van der Waals surface area contributed by atoms with Crippen molar-refractivity contribution in [3.63, 3.8) is 0 Å². The summed E-state index contributed by atoms with van der Waals surface area (Å²) in [6, 6.07) is 0. The molecule has 0 aliphatic carbocycles. The molecule has 0 amide bonds. The quantitative estimate of drug-likeness (QED) is 0.805. The van der Waals surface area contributed by atoms with Crippen molar-refractivity contribution in [3.05, 3.63) is 11.1 Å². The number of anilines is 1. The SMILES string of the molecule is CCCNc1ncc(COC(C(F)(F)F)C(F)(F)F)s1. The molecule has 3 nitrogen and oxygen atoms in total. The summed E-state index contributed by atoms with van der Waals surface area (Å²) in [5.41, 5.74) is 0. The predicted molar refractivity (Wildman–Crippen MR) is 61.6 cm³/mol. The van der Waals surface area contributed by atoms with Gasteiger partial charge in [0, 0.05) is 12.7 Å². The van der Waals surface area contributed by atoms with Gasteiger partial charge in [-0.05, 0) is 6.42 Å². The number of hydrogen-bond donors (Lipinski definition) is 1. The van der Waals surface area contributed by atoms with Crippen LogP contribution in [0.2, 0.25) is 0 Å². The van der Waals surface area contributed by atoms with Crippen molar-refractivity contribution >= 4 is 16.5 Å². The molecule has 1 aromatic heterocycles. The lowest BCUT2D eigenvalue weighted by molar-refractivity contribution is -0.324. The number of nitrogens with zero attached hydrogens (tertiary/aromatic N) is 1. The summed E-state index contributed by atoms with van der Waals surface area (Å²) in [7, 11) is 0. The van der Waals surface area contributed by atoms with Gasteiger partial charge in [0.15, 0.2) is 5.13 Å². The first-order valence-corrected chi connectivity index (χ1v) is 6.40. The summed E-state index contributed by atoms with van der Waals surface area (Å²) >= 11 is 0.954. The lowest BCUT2D eigenvalue weighted by Crippen LogP contribution is -2.44. The number of halogens is 6. The Morgan fingerprint density at radius 2 is 1.85 bits per heavy atom. The summed E-state index contributed by atoms with van der Waals surface area (Å²) in [5.74, 6) is 0. The molecule has 0 atom stereocenters. The van der Waals surface area contributed by atoms with Gasteiger partial charge in [0.25, 0.3) is 0 Å². The maximum Gasteiger partial charge on any atom is 0.423 e. The van der Waals surface area contributed by atoms with Gasteiger partial charge >= 0.3 is 12.4 Å². The molecule has 0 fully saturated rings. The number of hydrogen-bond acceptors (Lipinski definition) is 4. The topological polar surface area (TPSA) is 34.2 Å². The Hall–Kier alpha value is -1.03. The average Bonchev–Trinajstić information content (AvgIpc) is 2.70. The molecule has 116 valence electrons. The highest BCUT2D eigenvalue weighted by molar-refractivity contribution is 7.15. The molecule has 0 bridgehead atoms. The van der Waals surface area contributed by atoms with Crippen LogP contribution in [-0.2, 0) is 11.3 Å². The molecule has 0 aliphatic rings. The maximum atomic E-state index is 12.2. The molecule has 20 heavy (non-hydrogen) atoms. The van der Waals surface area contributed by atoms with Crippen molar-refractivity contribution in [2.75, 3.05) is 11.9 Å². The van der Waals surface area contributed by atoms with Crippen LogP contribution in [0.3, 0.4) is 0 Å². The highest BCUT2D eigenvalue weighted by Gasteiger charge is 2.57. The Bertz CT molecular complexity index is 403. The average molecular weight is 322 g/mol. The number of aromatic nitrogens is 1. The van der Waals surface area contributed by atoms with Gasteiger partial charge in [-0.3, -0.25) is 0 Å². The third-order valence-electron chi connectivity index (χ3n) is 2.07. The van der Waals surface area contributed by atoms with Crippen LogP contribution in [0.25, 0.3) is 0 Å². The standard InChI is InChI=1S/C10H12F6N2OS/c1-2-3-17-8-18-4-6(20-8)5-19-7(9(11,12)13)10(14,15)16/h4,7H,2-3,5H2,1H3,(H,17,18). The fourth-order valence-corrected chi connectivity index (χ4v) is 1.99. The van der Waals surface area contributed by atoms with E-state index in [1.807, 2.05) is 6.92 Å². The van der Waals surface area contributed by atoms with Gasteiger partial charge in [-0.15, -0.1) is 0 Å². The van der Waals surface area contributed by atoms with Gasteiger partial charge in [-0.25, -0.2) is 4.98 Å². The van der Waals surface area contributed by atoms with Gasteiger partial charge in [-0.2, -0.15) is 26.3 Å². The Balaban J connectivity index is 2.62. The van der Waals surface area contributed by atoms with Crippen LogP contribution in [0.5, 0.6) is 0 Å². The molecule has 0 unspecified atom stereocenters. The van der Waals surface area contributed by atoms with Crippen LogP contribution in [0.4, 0.5) is 31.5 Å². The highest BCUT2D eigenvalue weighted by Crippen LogP contribution is 2.36. The highest BCUT2D eigenvalue weighted by atomic mass is 32.1. The third-order valence-corrected chi connectivity index (χ3v) is 3.00. The maximum absolute atomic E-state index is 12.2. The fourth-order valence-electron chi connectivity index (χ4n) is 1.23. The van der Waals surface area contributed by atoms with Gasteiger partial charge in [0.2, 0.25) is 6.10 Å². The number of rotatable bonds is 6. The van der Waals surface area contributed by atoms with E-state index in [-0.39, 0.29) is 4.88 Å². The second-order valence-electron chi connectivity index (χ2n) is 3.83. The Morgan fingerprint density at radius 3 is 2.35 bits per heavy atom. The first-order chi connectivity index (χ1) is 9.14. The predicted octanol–water partition coefficient (Wildman–Crippen LogP) is 3.97. The van der Waals surface area contributed by atoms with E-state index in [2.05, 4.69) is 15.0 Å². The van der Waals surface area contributed by atoms with Gasteiger partial charge in [-0.1, -0.05) is 18.3 Å². The van der Waals surface area contributed by atoms with Crippen LogP contribution in [0.1, 0.15) is 18.2 Å². The molecule has 1 rings (SSSR count). The molecule has 0 radical (unpaired) electrons. The van der Waals surface area contributed by atoms with Crippen LogP contribution >= 0.6 is 11.3 Å². The second-order valence-corrected chi connectivity index (χ2v) is 4.95. The summed E-state index contributed by atoms with van der Waals surface area (Å²) in [6.45, 7) is 1.72. The molecule has 0 aliphatic heterocycles. The number of alkyl halides is 6. The smallest absolute Gasteiger partial charge is 0.362 e. The summed E-state index contributed by atoms with van der Waals surface area (Å²) in [6.07, 6.45) is -12.8. The normalized spacial score (nSPS) is 13.0. The Labute approximate surface area is 115 Å². The molecule has 1 aromatic rings. The van der Waals surface area contributed by atoms with Crippen molar-refractivity contribution in [2.45, 2.75) is 38.4 Å². The van der Waals surface area contributed by atoms with Gasteiger partial charge < -0.3 is 10.1 Å². The van der Waals surface area contributed by atoms with Crippen molar-refractivity contribution in [2.24, 2.45) is 0 Å². The minimum absolute atomic E-state index is 0.183. The lowest BCUT2D eigenvalue weighted by atomic mass is 10.3. The van der Waals surface area contributed by atoms with Crippen LogP contribution < -0.4 is 5.32 Å². The fraction of sp³-hybridized carbons (Fsp3) is 0.700. The second kappa shape index (κ2) is 6.61. The molecule has 0 aromatic carbocycles. The summed E-state index contributed by atoms with van der Waals surface area (Å²) in [4.78, 5) is 4.00. The van der Waals surface area contributed by atoms with E-state index in [1.54, 1.807) is 0 Å². The van der Waals surface area contributed by atoms with E-state index in [9.17, 15) is 26.3 Å². The van der Waals surface area contributed by atoms with Gasteiger partial charge in [0.05, 0.1) is 11.5 Å². The first-order valence-electron chi connectivity index (χ1n) is 5.58. The zero-order valence-electron chi connectivity index (χ0n) is 10.3. The van der Waals surface area contributed by atoms with E-state index in [0.29, 0.717) is 11.7 Å². The largest absolute Gasteiger partial charge is 0.423 e. The Morgan fingerprint density at radius 1 is 1.25 bits per heavy atom. The van der Waals surface area contributed by atoms with Gasteiger partial charge in [0.1, 0.15) is 0 Å². The number of nitrogens with one attached hydrogen (secondary N) is 1. The third kappa shape index (κ3) is 5.16. The lowest BCUT2D eigenvalue weighted by Gasteiger charge is -2.22. The summed E-state index contributed by atoms with van der Waals surface area (Å²) < 4.78 is 77.3. The minimum Gasteiger partial charge on any atom is -0.362 e. The summed E-state index contributed by atoms with van der Waals surface area (Å²) in [5, 5.41) is 3.30. The van der Waals surface area contributed by atoms with Crippen molar-refractivity contribution in [1.29, 1.82) is 0 Å². The van der Waals surface area contributed by atoms with E-state index >= 15 is 0 Å². The first kappa shape index (κ1) is 17.0. The van der Waals surface area contributed by atoms with Crippen molar-refractivity contribution < 1.29 is 31.1 Å². The van der Waals surface area contributed by atoms with E-state index < -0.39 is 25.1 Å². The number of ether oxygens (including phenoxy) is 1. The molecular weight excluding hydrogens is 310 g/mol. The van der Waals surface area contributed by atoms with Crippen LogP contribution in [-0.4, -0.2) is 30.0 Å². The molecular formula is C10H12F6N2OS. The molecule has 1 heterocycles. The van der Waals surface area contributed by atoms with E-state index in [4.69, 9.17) is 0 Å². The molecule has 0 saturated carbocycles. The molecule has 10 heteroatoms. The zero-order chi connectivity index (χ0) is 15.4. The molecule has 1 N–H and O–H groups in total. The molecule has 0 saturated heterocycles. The van der Waals surface area contributed by atoms with Crippen LogP contribution in [0, 0.1) is 0 Å². The zero-order valence-corrected chi connectivity index (χ0v) is 11.1. The van der Waals surface area contributed by atoms with Crippen molar-refractivity contribution in [3.8, 4) is 0 Å².